The molecule has 0 bridgehead atoms. The highest BCUT2D eigenvalue weighted by atomic mass is 16.5. The Bertz CT molecular complexity index is 558. The monoisotopic (exact) mass is 246 g/mol. The number of nitrogen functional groups attached to an aromatic ring is 1. The van der Waals surface area contributed by atoms with Crippen LogP contribution in [0, 0.1) is 0 Å². The molecule has 0 aliphatic rings. The van der Waals surface area contributed by atoms with E-state index in [4.69, 9.17) is 15.4 Å². The van der Waals surface area contributed by atoms with E-state index in [-0.39, 0.29) is 11.6 Å². The number of hydrogen-bond donors (Lipinski definition) is 2. The summed E-state index contributed by atoms with van der Waals surface area (Å²) in [5.74, 6) is -1.13. The second kappa shape index (κ2) is 4.91. The number of carboxylic acid groups (broad SMARTS) is 1. The molecule has 2 aromatic rings. The molecule has 0 saturated heterocycles. The first-order chi connectivity index (χ1) is 8.63. The van der Waals surface area contributed by atoms with Crippen molar-refractivity contribution >= 4 is 11.9 Å². The Morgan fingerprint density at radius 3 is 2.61 bits per heavy atom. The second-order valence-corrected chi connectivity index (χ2v) is 4.02. The van der Waals surface area contributed by atoms with E-state index < -0.39 is 5.97 Å². The first-order valence-electron chi connectivity index (χ1n) is 5.71. The molecule has 0 atom stereocenters. The van der Waals surface area contributed by atoms with Crippen LogP contribution >= 0.6 is 0 Å². The Morgan fingerprint density at radius 2 is 2.06 bits per heavy atom. The fourth-order valence-corrected chi connectivity index (χ4v) is 1.85. The summed E-state index contributed by atoms with van der Waals surface area (Å²) in [5.41, 5.74) is 7.70. The molecule has 0 radical (unpaired) electrons. The molecule has 18 heavy (non-hydrogen) atoms. The van der Waals surface area contributed by atoms with Crippen LogP contribution in [0.5, 0.6) is 0 Å². The van der Waals surface area contributed by atoms with Gasteiger partial charge in [-0.25, -0.2) is 4.79 Å². The topological polar surface area (TPSA) is 89.3 Å². The molecule has 1 aromatic carbocycles. The van der Waals surface area contributed by atoms with Gasteiger partial charge in [0.15, 0.2) is 0 Å². The lowest BCUT2D eigenvalue weighted by atomic mass is 10.0. The summed E-state index contributed by atoms with van der Waals surface area (Å²) >= 11 is 0. The average molecular weight is 246 g/mol. The van der Waals surface area contributed by atoms with Crippen LogP contribution in [0.4, 0.5) is 5.88 Å². The molecular formula is C13H14N2O3. The minimum atomic E-state index is -1.15. The van der Waals surface area contributed by atoms with Crippen molar-refractivity contribution < 1.29 is 14.4 Å². The van der Waals surface area contributed by atoms with Gasteiger partial charge in [-0.2, -0.15) is 0 Å². The third kappa shape index (κ3) is 2.20. The molecule has 94 valence electrons. The summed E-state index contributed by atoms with van der Waals surface area (Å²) in [5, 5.41) is 12.5. The molecule has 0 aliphatic carbocycles. The van der Waals surface area contributed by atoms with Crippen molar-refractivity contribution in [1.82, 2.24) is 5.16 Å². The van der Waals surface area contributed by atoms with E-state index >= 15 is 0 Å². The summed E-state index contributed by atoms with van der Waals surface area (Å²) < 4.78 is 4.74. The van der Waals surface area contributed by atoms with Gasteiger partial charge in [0.2, 0.25) is 11.6 Å². The summed E-state index contributed by atoms with van der Waals surface area (Å²) in [6.45, 7) is 2.11. The maximum absolute atomic E-state index is 11.0. The Balaban J connectivity index is 2.42. The molecule has 3 N–H and O–H groups in total. The Hall–Kier alpha value is -2.30. The van der Waals surface area contributed by atoms with Crippen LogP contribution in [0.2, 0.25) is 0 Å². The van der Waals surface area contributed by atoms with Crippen molar-refractivity contribution in [3.8, 4) is 11.1 Å². The van der Waals surface area contributed by atoms with Gasteiger partial charge in [-0.3, -0.25) is 0 Å². The zero-order valence-corrected chi connectivity index (χ0v) is 10.0. The van der Waals surface area contributed by atoms with Crippen LogP contribution in [-0.4, -0.2) is 16.2 Å². The smallest absolute Gasteiger partial charge is 0.358 e. The quantitative estimate of drug-likeness (QED) is 0.865. The molecule has 0 amide bonds. The number of rotatable bonds is 4. The molecule has 5 nitrogen and oxygen atoms in total. The first kappa shape index (κ1) is 12.2. The van der Waals surface area contributed by atoms with Crippen LogP contribution in [0.3, 0.4) is 0 Å². The van der Waals surface area contributed by atoms with Crippen LogP contribution in [-0.2, 0) is 6.42 Å². The molecule has 1 aromatic heterocycles. The molecule has 2 rings (SSSR count). The minimum absolute atomic E-state index is 0.0237. The number of aromatic carboxylic acids is 1. The summed E-state index contributed by atoms with van der Waals surface area (Å²) in [6.07, 6.45) is 2.06. The van der Waals surface area contributed by atoms with Crippen LogP contribution in [0.25, 0.3) is 11.1 Å². The normalized spacial score (nSPS) is 10.5. The van der Waals surface area contributed by atoms with Gasteiger partial charge in [-0.15, -0.1) is 0 Å². The Labute approximate surface area is 104 Å². The third-order valence-corrected chi connectivity index (χ3v) is 2.70. The zero-order chi connectivity index (χ0) is 13.1. The van der Waals surface area contributed by atoms with Gasteiger partial charge in [0.1, 0.15) is 0 Å². The highest BCUT2D eigenvalue weighted by Gasteiger charge is 2.21. The van der Waals surface area contributed by atoms with Gasteiger partial charge in [-0.05, 0) is 17.5 Å². The lowest BCUT2D eigenvalue weighted by Crippen LogP contribution is -1.99. The number of aryl methyl sites for hydroxylation is 1. The molecule has 5 heteroatoms. The predicted molar refractivity (Wildman–Crippen MR) is 67.3 cm³/mol. The van der Waals surface area contributed by atoms with E-state index in [1.165, 1.54) is 5.56 Å². The van der Waals surface area contributed by atoms with Gasteiger partial charge in [-0.1, -0.05) is 42.8 Å². The van der Waals surface area contributed by atoms with E-state index in [0.29, 0.717) is 11.1 Å². The number of carbonyl (C=O) groups is 1. The molecule has 0 saturated carbocycles. The Morgan fingerprint density at radius 1 is 1.39 bits per heavy atom. The van der Waals surface area contributed by atoms with Crippen LogP contribution in [0.1, 0.15) is 29.4 Å². The number of nitrogens with two attached hydrogens (primary N) is 1. The predicted octanol–water partition coefficient (Wildman–Crippen LogP) is 2.57. The number of anilines is 1. The standard InChI is InChI=1S/C13H14N2O3/c1-2-3-8-4-6-9(7-5-8)10-11(13(16)17)15-18-12(10)14/h4-7H,2-3,14H2,1H3,(H,16,17). The number of hydrogen-bond acceptors (Lipinski definition) is 4. The van der Waals surface area contributed by atoms with Crippen molar-refractivity contribution in [3.63, 3.8) is 0 Å². The van der Waals surface area contributed by atoms with Crippen molar-refractivity contribution in [3.05, 3.63) is 35.5 Å². The highest BCUT2D eigenvalue weighted by Crippen LogP contribution is 2.29. The highest BCUT2D eigenvalue weighted by molar-refractivity contribution is 5.96. The largest absolute Gasteiger partial charge is 0.476 e. The molecule has 1 heterocycles. The molecule has 0 fully saturated rings. The zero-order valence-electron chi connectivity index (χ0n) is 10.0. The number of aromatic nitrogens is 1. The molecule has 0 aliphatic heterocycles. The Kier molecular flexibility index (Phi) is 3.32. The van der Waals surface area contributed by atoms with Crippen LogP contribution < -0.4 is 5.73 Å². The van der Waals surface area contributed by atoms with E-state index in [9.17, 15) is 4.79 Å². The lowest BCUT2D eigenvalue weighted by molar-refractivity contribution is 0.0686. The summed E-state index contributed by atoms with van der Waals surface area (Å²) in [6, 6.07) is 7.58. The minimum Gasteiger partial charge on any atom is -0.476 e. The fraction of sp³-hybridized carbons (Fsp3) is 0.231. The third-order valence-electron chi connectivity index (χ3n) is 2.70. The SMILES string of the molecule is CCCc1ccc(-c2c(C(=O)O)noc2N)cc1. The molecular weight excluding hydrogens is 232 g/mol. The van der Waals surface area contributed by atoms with Gasteiger partial charge < -0.3 is 15.4 Å². The fourth-order valence-electron chi connectivity index (χ4n) is 1.85. The van der Waals surface area contributed by atoms with Crippen molar-refractivity contribution in [1.29, 1.82) is 0 Å². The summed E-state index contributed by atoms with van der Waals surface area (Å²) in [4.78, 5) is 11.0. The number of nitrogens with zero attached hydrogens (tertiary/aromatic N) is 1. The maximum Gasteiger partial charge on any atom is 0.358 e. The summed E-state index contributed by atoms with van der Waals surface area (Å²) in [7, 11) is 0. The van der Waals surface area contributed by atoms with E-state index in [2.05, 4.69) is 12.1 Å². The van der Waals surface area contributed by atoms with Crippen LogP contribution in [0.15, 0.2) is 28.8 Å². The number of carboxylic acids is 1. The average Bonchev–Trinajstić information content (AvgIpc) is 2.73. The maximum atomic E-state index is 11.0. The van der Waals surface area contributed by atoms with E-state index in [1.54, 1.807) is 0 Å². The van der Waals surface area contributed by atoms with Crippen molar-refractivity contribution in [2.75, 3.05) is 5.73 Å². The first-order valence-corrected chi connectivity index (χ1v) is 5.71. The van der Waals surface area contributed by atoms with Gasteiger partial charge in [0.05, 0.1) is 5.56 Å². The van der Waals surface area contributed by atoms with Gasteiger partial charge >= 0.3 is 5.97 Å². The van der Waals surface area contributed by atoms with Crippen molar-refractivity contribution in [2.45, 2.75) is 19.8 Å². The van der Waals surface area contributed by atoms with Gasteiger partial charge in [0, 0.05) is 0 Å². The second-order valence-electron chi connectivity index (χ2n) is 4.02. The lowest BCUT2D eigenvalue weighted by Gasteiger charge is -2.02. The van der Waals surface area contributed by atoms with E-state index in [0.717, 1.165) is 12.8 Å². The number of benzene rings is 1. The van der Waals surface area contributed by atoms with Gasteiger partial charge in [0.25, 0.3) is 0 Å². The van der Waals surface area contributed by atoms with E-state index in [1.807, 2.05) is 24.3 Å². The van der Waals surface area contributed by atoms with Crippen molar-refractivity contribution in [2.24, 2.45) is 0 Å². The molecule has 0 spiro atoms. The molecule has 0 unspecified atom stereocenters.